The van der Waals surface area contributed by atoms with E-state index < -0.39 is 16.7 Å². The van der Waals surface area contributed by atoms with E-state index in [4.69, 9.17) is 0 Å². The molecule has 0 spiro atoms. The van der Waals surface area contributed by atoms with Gasteiger partial charge < -0.3 is 0 Å². The predicted octanol–water partition coefficient (Wildman–Crippen LogP) is 11.1. The molecule has 0 atom stereocenters. The molecule has 0 radical (unpaired) electrons. The van der Waals surface area contributed by atoms with Crippen molar-refractivity contribution in [1.29, 1.82) is 0 Å². The summed E-state index contributed by atoms with van der Waals surface area (Å²) in [6, 6.07) is 9.91. The fourth-order valence-corrected chi connectivity index (χ4v) is 8.57. The van der Waals surface area contributed by atoms with Gasteiger partial charge in [-0.1, -0.05) is 0 Å². The summed E-state index contributed by atoms with van der Waals surface area (Å²) in [6.07, 6.45) is 0. The summed E-state index contributed by atoms with van der Waals surface area (Å²) in [4.78, 5) is 0. The topological polar surface area (TPSA) is 24.1 Å². The van der Waals surface area contributed by atoms with Gasteiger partial charge in [-0.2, -0.15) is 0 Å². The fraction of sp³-hybridized carbons (Fsp3) is 0.676. The number of benzene rings is 2. The molecule has 0 aliphatic carbocycles. The van der Waals surface area contributed by atoms with Crippen LogP contribution in [-0.2, 0) is 32.5 Å². The standard InChI is InChI=1S/2C18H30N.CH3.Ga/c2*1-16(2,3)12-10-13(17(4,5)6)15(19)14(11-12)18(7,8)9;;/h2*10-11,19H,1-9H3;1H3;/q2*-1;;+2. The van der Waals surface area contributed by atoms with E-state index in [-0.39, 0.29) is 32.5 Å². The van der Waals surface area contributed by atoms with Crippen molar-refractivity contribution in [3.8, 4) is 0 Å². The number of hydrogen-bond acceptors (Lipinski definition) is 2. The summed E-state index contributed by atoms with van der Waals surface area (Å²) in [5, 5.41) is 0. The Hall–Kier alpha value is -1.32. The molecule has 40 heavy (non-hydrogen) atoms. The zero-order chi connectivity index (χ0) is 31.4. The van der Waals surface area contributed by atoms with Gasteiger partial charge in [-0.15, -0.1) is 0 Å². The van der Waals surface area contributed by atoms with Gasteiger partial charge in [0.05, 0.1) is 0 Å². The molecule has 2 aromatic carbocycles. The van der Waals surface area contributed by atoms with Crippen LogP contribution in [0.4, 0.5) is 11.4 Å². The van der Waals surface area contributed by atoms with Crippen LogP contribution in [0.15, 0.2) is 24.3 Å². The molecule has 0 bridgehead atoms. The Morgan fingerprint density at radius 2 is 0.575 bits per heavy atom. The molecule has 3 heteroatoms. The first-order chi connectivity index (χ1) is 17.5. The number of anilines is 2. The Labute approximate surface area is 255 Å². The summed E-state index contributed by atoms with van der Waals surface area (Å²) in [5.74, 6) is 0. The van der Waals surface area contributed by atoms with Gasteiger partial charge in [0, 0.05) is 0 Å². The van der Waals surface area contributed by atoms with Gasteiger partial charge in [-0.3, -0.25) is 0 Å². The SMILES string of the molecule is [CH3][Ga]([NH]c1c(C(C)(C)C)cc(C(C)(C)C)cc1C(C)(C)C)[NH]c1c(C(C)(C)C)cc(C(C)(C)C)cc1C(C)(C)C. The third-order valence-electron chi connectivity index (χ3n) is 7.96. The Balaban J connectivity index is 2.80. The third-order valence-corrected chi connectivity index (χ3v) is 11.0. The van der Waals surface area contributed by atoms with E-state index in [1.165, 1.54) is 44.8 Å². The molecule has 2 aromatic rings. The average molecular weight is 606 g/mol. The van der Waals surface area contributed by atoms with Crippen LogP contribution < -0.4 is 8.05 Å². The molecular weight excluding hydrogens is 542 g/mol. The van der Waals surface area contributed by atoms with Crippen molar-refractivity contribution < 1.29 is 0 Å². The monoisotopic (exact) mass is 604 g/mol. The molecule has 0 fully saturated rings. The van der Waals surface area contributed by atoms with Crippen molar-refractivity contribution in [2.75, 3.05) is 8.05 Å². The molecule has 0 aromatic heterocycles. The second kappa shape index (κ2) is 11.1. The van der Waals surface area contributed by atoms with E-state index in [1.54, 1.807) is 0 Å². The Bertz CT molecular complexity index is 1030. The molecule has 0 aliphatic heterocycles. The second-order valence-electron chi connectivity index (χ2n) is 18.4. The summed E-state index contributed by atoms with van der Waals surface area (Å²) < 4.78 is 8.40. The average Bonchev–Trinajstić information content (AvgIpc) is 2.68. The molecule has 0 unspecified atom stereocenters. The Morgan fingerprint density at radius 1 is 0.375 bits per heavy atom. The minimum atomic E-state index is -2.27. The Kier molecular flexibility index (Phi) is 9.65. The summed E-state index contributed by atoms with van der Waals surface area (Å²) in [5.41, 5.74) is 14.1. The number of nitrogens with one attached hydrogen (secondary N) is 2. The normalized spacial score (nSPS) is 13.9. The molecule has 224 valence electrons. The van der Waals surface area contributed by atoms with E-state index in [0.29, 0.717) is 0 Å². The van der Waals surface area contributed by atoms with E-state index in [2.05, 4.69) is 162 Å². The molecule has 0 saturated carbocycles. The van der Waals surface area contributed by atoms with Crippen LogP contribution >= 0.6 is 0 Å². The van der Waals surface area contributed by atoms with Crippen LogP contribution in [0.5, 0.6) is 0 Å². The molecule has 0 saturated heterocycles. The van der Waals surface area contributed by atoms with Crippen molar-refractivity contribution in [2.24, 2.45) is 0 Å². The van der Waals surface area contributed by atoms with E-state index in [9.17, 15) is 0 Å². The Morgan fingerprint density at radius 3 is 0.725 bits per heavy atom. The van der Waals surface area contributed by atoms with E-state index in [0.717, 1.165) is 0 Å². The first-order valence-corrected chi connectivity index (χ1v) is 20.3. The van der Waals surface area contributed by atoms with Gasteiger partial charge in [0.2, 0.25) is 0 Å². The van der Waals surface area contributed by atoms with E-state index in [1.807, 2.05) is 0 Å². The molecule has 2 N–H and O–H groups in total. The zero-order valence-corrected chi connectivity index (χ0v) is 32.3. The van der Waals surface area contributed by atoms with Crippen molar-refractivity contribution in [1.82, 2.24) is 0 Å². The first-order valence-electron chi connectivity index (χ1n) is 15.5. The summed E-state index contributed by atoms with van der Waals surface area (Å²) in [7, 11) is 0. The molecule has 0 aliphatic rings. The van der Waals surface area contributed by atoms with Crippen LogP contribution in [0.3, 0.4) is 0 Å². The van der Waals surface area contributed by atoms with Gasteiger partial charge in [-0.25, -0.2) is 0 Å². The van der Waals surface area contributed by atoms with Crippen molar-refractivity contribution in [2.45, 2.75) is 163 Å². The first kappa shape index (κ1) is 34.9. The van der Waals surface area contributed by atoms with Crippen LogP contribution in [-0.4, -0.2) is 16.7 Å². The van der Waals surface area contributed by atoms with Gasteiger partial charge in [0.1, 0.15) is 0 Å². The van der Waals surface area contributed by atoms with Gasteiger partial charge in [0.15, 0.2) is 0 Å². The maximum atomic E-state index is 4.20. The molecule has 2 nitrogen and oxygen atoms in total. The van der Waals surface area contributed by atoms with Gasteiger partial charge >= 0.3 is 256 Å². The van der Waals surface area contributed by atoms with Gasteiger partial charge in [0.25, 0.3) is 0 Å². The second-order valence-corrected chi connectivity index (χ2v) is 22.6. The summed E-state index contributed by atoms with van der Waals surface area (Å²) in [6.45, 7) is 42.3. The third kappa shape index (κ3) is 8.37. The predicted molar refractivity (Wildman–Crippen MR) is 184 cm³/mol. The zero-order valence-electron chi connectivity index (χ0n) is 29.9. The fourth-order valence-electron chi connectivity index (χ4n) is 5.30. The van der Waals surface area contributed by atoms with Crippen LogP contribution in [0.25, 0.3) is 0 Å². The quantitative estimate of drug-likeness (QED) is 0.339. The van der Waals surface area contributed by atoms with Crippen LogP contribution in [0.1, 0.15) is 158 Å². The summed E-state index contributed by atoms with van der Waals surface area (Å²) >= 11 is -2.27. The minimum absolute atomic E-state index is 0.0348. The van der Waals surface area contributed by atoms with Crippen molar-refractivity contribution in [3.05, 3.63) is 57.6 Å². The number of hydrogen-bond donors (Lipinski definition) is 2. The molecule has 2 rings (SSSR count). The maximum absolute atomic E-state index is 4.20. The molecule has 0 heterocycles. The molecule has 0 amide bonds. The van der Waals surface area contributed by atoms with E-state index >= 15 is 0 Å². The van der Waals surface area contributed by atoms with Crippen LogP contribution in [0, 0.1) is 0 Å². The van der Waals surface area contributed by atoms with Gasteiger partial charge in [-0.05, 0) is 0 Å². The molecular formula is C37H63GaN2. The number of rotatable bonds is 4. The van der Waals surface area contributed by atoms with Crippen molar-refractivity contribution in [3.63, 3.8) is 0 Å². The van der Waals surface area contributed by atoms with Crippen molar-refractivity contribution >= 4 is 28.1 Å². The van der Waals surface area contributed by atoms with Crippen LogP contribution in [0.2, 0.25) is 5.48 Å².